The molecule has 6 heteroatoms. The number of aliphatic hydroxyl groups is 1. The van der Waals surface area contributed by atoms with Gasteiger partial charge in [0.05, 0.1) is 12.8 Å². The number of nitrogens with zero attached hydrogens (tertiary/aromatic N) is 2. The fourth-order valence-electron chi connectivity index (χ4n) is 3.55. The Balaban J connectivity index is 1.43. The SMILES string of the molecule is CCC(=O)c1ccc(OC[C@H](O)CN2CCN(c3ccccc3OC)CC2)cc1. The van der Waals surface area contributed by atoms with E-state index in [0.717, 1.165) is 37.6 Å². The third-order valence-electron chi connectivity index (χ3n) is 5.21. The van der Waals surface area contributed by atoms with Crippen LogP contribution < -0.4 is 14.4 Å². The summed E-state index contributed by atoms with van der Waals surface area (Å²) in [7, 11) is 1.70. The van der Waals surface area contributed by atoms with Crippen molar-refractivity contribution < 1.29 is 19.4 Å². The Morgan fingerprint density at radius 1 is 1.07 bits per heavy atom. The Morgan fingerprint density at radius 3 is 2.41 bits per heavy atom. The van der Waals surface area contributed by atoms with Crippen molar-refractivity contribution >= 4 is 11.5 Å². The van der Waals surface area contributed by atoms with Gasteiger partial charge in [-0.2, -0.15) is 0 Å². The lowest BCUT2D eigenvalue weighted by atomic mass is 10.1. The Bertz CT molecular complexity index is 786. The first-order valence-electron chi connectivity index (χ1n) is 10.1. The topological polar surface area (TPSA) is 62.2 Å². The number of anilines is 1. The van der Waals surface area contributed by atoms with Gasteiger partial charge in [-0.1, -0.05) is 19.1 Å². The molecule has 0 unspecified atom stereocenters. The lowest BCUT2D eigenvalue weighted by Crippen LogP contribution is -2.49. The number of Topliss-reactive ketones (excluding diaryl/α,β-unsaturated/α-hetero) is 1. The number of carbonyl (C=O) groups is 1. The average Bonchev–Trinajstić information content (AvgIpc) is 2.78. The van der Waals surface area contributed by atoms with Crippen LogP contribution in [0.1, 0.15) is 23.7 Å². The average molecular weight is 399 g/mol. The molecule has 1 atom stereocenters. The molecule has 0 bridgehead atoms. The van der Waals surface area contributed by atoms with Crippen molar-refractivity contribution in [2.45, 2.75) is 19.4 Å². The Labute approximate surface area is 172 Å². The highest BCUT2D eigenvalue weighted by Crippen LogP contribution is 2.28. The summed E-state index contributed by atoms with van der Waals surface area (Å²) in [6.07, 6.45) is -0.0757. The van der Waals surface area contributed by atoms with Crippen LogP contribution >= 0.6 is 0 Å². The lowest BCUT2D eigenvalue weighted by molar-refractivity contribution is 0.0662. The summed E-state index contributed by atoms with van der Waals surface area (Å²) in [6, 6.07) is 15.2. The molecule has 0 radical (unpaired) electrons. The van der Waals surface area contributed by atoms with Crippen LogP contribution in [-0.4, -0.2) is 68.3 Å². The number of β-amino-alcohol motifs (C(OH)–C–C–N with tert-alkyl or cyclic N) is 1. The van der Waals surface area contributed by atoms with Crippen LogP contribution in [0.3, 0.4) is 0 Å². The minimum Gasteiger partial charge on any atom is -0.495 e. The number of hydrogen-bond acceptors (Lipinski definition) is 6. The molecular weight excluding hydrogens is 368 g/mol. The fourth-order valence-corrected chi connectivity index (χ4v) is 3.55. The maximum atomic E-state index is 11.7. The molecule has 6 nitrogen and oxygen atoms in total. The number of ketones is 1. The number of methoxy groups -OCH3 is 1. The van der Waals surface area contributed by atoms with E-state index in [1.54, 1.807) is 31.4 Å². The second-order valence-electron chi connectivity index (χ2n) is 7.23. The summed E-state index contributed by atoms with van der Waals surface area (Å²) in [4.78, 5) is 16.2. The van der Waals surface area contributed by atoms with E-state index in [0.29, 0.717) is 24.3 Å². The van der Waals surface area contributed by atoms with Gasteiger partial charge in [-0.15, -0.1) is 0 Å². The zero-order chi connectivity index (χ0) is 20.6. The number of rotatable bonds is 9. The van der Waals surface area contributed by atoms with Crippen LogP contribution in [0.2, 0.25) is 0 Å². The number of hydrogen-bond donors (Lipinski definition) is 1. The number of piperazine rings is 1. The summed E-state index contributed by atoms with van der Waals surface area (Å²) in [5.74, 6) is 1.67. The van der Waals surface area contributed by atoms with Gasteiger partial charge in [-0.3, -0.25) is 9.69 Å². The maximum absolute atomic E-state index is 11.7. The van der Waals surface area contributed by atoms with E-state index in [1.807, 2.05) is 25.1 Å². The summed E-state index contributed by atoms with van der Waals surface area (Å²) in [6.45, 7) is 6.19. The molecule has 1 fully saturated rings. The molecule has 1 heterocycles. The van der Waals surface area contributed by atoms with E-state index < -0.39 is 6.10 Å². The zero-order valence-electron chi connectivity index (χ0n) is 17.2. The van der Waals surface area contributed by atoms with Crippen molar-refractivity contribution in [2.75, 3.05) is 51.3 Å². The first-order chi connectivity index (χ1) is 14.1. The standard InChI is InChI=1S/C23H30N2O4/c1-3-22(27)18-8-10-20(11-9-18)29-17-19(26)16-24-12-14-25(15-13-24)21-6-4-5-7-23(21)28-2/h4-11,19,26H,3,12-17H2,1-2H3/t19-/m1/s1. The Kier molecular flexibility index (Phi) is 7.49. The molecule has 2 aromatic carbocycles. The van der Waals surface area contributed by atoms with Gasteiger partial charge in [-0.05, 0) is 36.4 Å². The number of carbonyl (C=O) groups excluding carboxylic acids is 1. The van der Waals surface area contributed by atoms with Gasteiger partial charge < -0.3 is 19.5 Å². The van der Waals surface area contributed by atoms with E-state index in [4.69, 9.17) is 9.47 Å². The second-order valence-corrected chi connectivity index (χ2v) is 7.23. The number of ether oxygens (including phenoxy) is 2. The normalized spacial score (nSPS) is 15.8. The predicted octanol–water partition coefficient (Wildman–Crippen LogP) is 2.85. The molecule has 1 aliphatic rings. The van der Waals surface area contributed by atoms with Crippen LogP contribution in [-0.2, 0) is 0 Å². The molecule has 29 heavy (non-hydrogen) atoms. The fraction of sp³-hybridized carbons (Fsp3) is 0.435. The number of aliphatic hydroxyl groups excluding tert-OH is 1. The highest BCUT2D eigenvalue weighted by Gasteiger charge is 2.21. The van der Waals surface area contributed by atoms with Crippen LogP contribution in [0.15, 0.2) is 48.5 Å². The largest absolute Gasteiger partial charge is 0.495 e. The predicted molar refractivity (Wildman–Crippen MR) is 114 cm³/mol. The van der Waals surface area contributed by atoms with E-state index in [1.165, 1.54) is 0 Å². The smallest absolute Gasteiger partial charge is 0.162 e. The number of para-hydroxylation sites is 2. The first-order valence-corrected chi connectivity index (χ1v) is 10.1. The van der Waals surface area contributed by atoms with Crippen LogP contribution in [0.25, 0.3) is 0 Å². The van der Waals surface area contributed by atoms with Crippen molar-refractivity contribution in [1.29, 1.82) is 0 Å². The summed E-state index contributed by atoms with van der Waals surface area (Å²) in [5, 5.41) is 10.4. The van der Waals surface area contributed by atoms with Crippen LogP contribution in [0, 0.1) is 0 Å². The molecule has 0 amide bonds. The molecule has 1 aliphatic heterocycles. The highest BCUT2D eigenvalue weighted by atomic mass is 16.5. The van der Waals surface area contributed by atoms with Gasteiger partial charge in [-0.25, -0.2) is 0 Å². The maximum Gasteiger partial charge on any atom is 0.162 e. The third kappa shape index (κ3) is 5.71. The van der Waals surface area contributed by atoms with Crippen molar-refractivity contribution in [1.82, 2.24) is 4.90 Å². The summed E-state index contributed by atoms with van der Waals surface area (Å²) in [5.41, 5.74) is 1.80. The molecule has 2 aromatic rings. The van der Waals surface area contributed by atoms with Gasteiger partial charge in [0, 0.05) is 44.7 Å². The van der Waals surface area contributed by atoms with Gasteiger partial charge in [0.1, 0.15) is 24.2 Å². The van der Waals surface area contributed by atoms with Crippen molar-refractivity contribution in [3.8, 4) is 11.5 Å². The molecule has 3 rings (SSSR count). The molecule has 156 valence electrons. The third-order valence-corrected chi connectivity index (χ3v) is 5.21. The van der Waals surface area contributed by atoms with Crippen molar-refractivity contribution in [3.05, 3.63) is 54.1 Å². The monoisotopic (exact) mass is 398 g/mol. The highest BCUT2D eigenvalue weighted by molar-refractivity contribution is 5.95. The van der Waals surface area contributed by atoms with E-state index in [9.17, 15) is 9.90 Å². The van der Waals surface area contributed by atoms with Crippen LogP contribution in [0.4, 0.5) is 5.69 Å². The molecule has 0 spiro atoms. The summed E-state index contributed by atoms with van der Waals surface area (Å²) >= 11 is 0. The minimum atomic E-state index is -0.565. The van der Waals surface area contributed by atoms with Crippen molar-refractivity contribution in [3.63, 3.8) is 0 Å². The van der Waals surface area contributed by atoms with Gasteiger partial charge in [0.2, 0.25) is 0 Å². The summed E-state index contributed by atoms with van der Waals surface area (Å²) < 4.78 is 11.1. The van der Waals surface area contributed by atoms with Gasteiger partial charge >= 0.3 is 0 Å². The quantitative estimate of drug-likeness (QED) is 0.656. The molecular formula is C23H30N2O4. The molecule has 0 aromatic heterocycles. The Hall–Kier alpha value is -2.57. The van der Waals surface area contributed by atoms with Crippen molar-refractivity contribution in [2.24, 2.45) is 0 Å². The lowest BCUT2D eigenvalue weighted by Gasteiger charge is -2.37. The molecule has 1 saturated heterocycles. The van der Waals surface area contributed by atoms with E-state index in [-0.39, 0.29) is 12.4 Å². The van der Waals surface area contributed by atoms with Crippen LogP contribution in [0.5, 0.6) is 11.5 Å². The van der Waals surface area contributed by atoms with E-state index >= 15 is 0 Å². The minimum absolute atomic E-state index is 0.115. The molecule has 1 N–H and O–H groups in total. The second kappa shape index (κ2) is 10.3. The van der Waals surface area contributed by atoms with Gasteiger partial charge in [0.15, 0.2) is 5.78 Å². The number of benzene rings is 2. The molecule has 0 saturated carbocycles. The Morgan fingerprint density at radius 2 is 1.76 bits per heavy atom. The first kappa shape index (κ1) is 21.1. The van der Waals surface area contributed by atoms with E-state index in [2.05, 4.69) is 15.9 Å². The van der Waals surface area contributed by atoms with Gasteiger partial charge in [0.25, 0.3) is 0 Å². The zero-order valence-corrected chi connectivity index (χ0v) is 17.2. The molecule has 0 aliphatic carbocycles.